The van der Waals surface area contributed by atoms with Crippen LogP contribution in [0.5, 0.6) is 0 Å². The van der Waals surface area contributed by atoms with Gasteiger partial charge in [-0.3, -0.25) is 10.1 Å². The SMILES string of the molecule is CCOC(=O)C1=C(C)NC(C(OCCOC)SC)=C(C(=O)OCC)C1c1cccc([N+](=O)[O-])c1. The Morgan fingerprint density at radius 1 is 1.15 bits per heavy atom. The molecule has 10 nitrogen and oxygen atoms in total. The van der Waals surface area contributed by atoms with E-state index in [-0.39, 0.29) is 36.7 Å². The second kappa shape index (κ2) is 13.1. The Kier molecular flexibility index (Phi) is 10.6. The predicted molar refractivity (Wildman–Crippen MR) is 127 cm³/mol. The number of hydrogen-bond acceptors (Lipinski definition) is 10. The lowest BCUT2D eigenvalue weighted by atomic mass is 9.80. The van der Waals surface area contributed by atoms with Crippen LogP contribution in [-0.2, 0) is 28.5 Å². The van der Waals surface area contributed by atoms with E-state index in [1.165, 1.54) is 30.0 Å². The number of nitrogens with one attached hydrogen (secondary N) is 1. The molecule has 34 heavy (non-hydrogen) atoms. The van der Waals surface area contributed by atoms with Crippen LogP contribution in [0.3, 0.4) is 0 Å². The maximum atomic E-state index is 13.3. The maximum Gasteiger partial charge on any atom is 0.336 e. The first-order chi connectivity index (χ1) is 16.3. The third-order valence-electron chi connectivity index (χ3n) is 5.01. The van der Waals surface area contributed by atoms with Crippen LogP contribution >= 0.6 is 11.8 Å². The number of non-ortho nitro benzene ring substituents is 1. The molecule has 0 amide bonds. The molecule has 2 rings (SSSR count). The Balaban J connectivity index is 2.78. The van der Waals surface area contributed by atoms with Crippen molar-refractivity contribution in [3.63, 3.8) is 0 Å². The number of nitro benzene ring substituents is 1. The number of methoxy groups -OCH3 is 1. The fourth-order valence-electron chi connectivity index (χ4n) is 3.61. The van der Waals surface area contributed by atoms with E-state index in [9.17, 15) is 19.7 Å². The monoisotopic (exact) mass is 494 g/mol. The van der Waals surface area contributed by atoms with Crippen LogP contribution in [0.2, 0.25) is 0 Å². The summed E-state index contributed by atoms with van der Waals surface area (Å²) in [6.07, 6.45) is 1.82. The number of ether oxygens (including phenoxy) is 4. The lowest BCUT2D eigenvalue weighted by Gasteiger charge is -2.34. The van der Waals surface area contributed by atoms with E-state index in [2.05, 4.69) is 5.32 Å². The minimum absolute atomic E-state index is 0.100. The Hall–Kier alpha value is -2.89. The van der Waals surface area contributed by atoms with Crippen LogP contribution < -0.4 is 5.32 Å². The van der Waals surface area contributed by atoms with E-state index in [0.717, 1.165) is 0 Å². The van der Waals surface area contributed by atoms with Crippen LogP contribution in [-0.4, -0.2) is 62.1 Å². The standard InChI is InChI=1S/C23H30N2O8S/c1-6-31-21(26)17-14(3)24-20(23(34-5)33-12-11-30-4)19(22(27)32-7-2)18(17)15-9-8-10-16(13-15)25(28)29/h8-10,13,18,23-24H,6-7,11-12H2,1-5H3. The zero-order chi connectivity index (χ0) is 25.3. The fourth-order valence-corrected chi connectivity index (χ4v) is 4.27. The Bertz CT molecular complexity index is 975. The number of allylic oxidation sites excluding steroid dienone is 1. The highest BCUT2D eigenvalue weighted by molar-refractivity contribution is 7.99. The number of thioether (sulfide) groups is 1. The van der Waals surface area contributed by atoms with Crippen LogP contribution in [0.15, 0.2) is 46.8 Å². The van der Waals surface area contributed by atoms with Crippen LogP contribution in [0.1, 0.15) is 32.3 Å². The first kappa shape index (κ1) is 27.4. The molecular formula is C23H30N2O8S. The van der Waals surface area contributed by atoms with Gasteiger partial charge in [0.05, 0.1) is 54.1 Å². The Morgan fingerprint density at radius 2 is 1.79 bits per heavy atom. The van der Waals surface area contributed by atoms with E-state index in [1.54, 1.807) is 33.9 Å². The molecule has 186 valence electrons. The van der Waals surface area contributed by atoms with Gasteiger partial charge in [0.2, 0.25) is 0 Å². The first-order valence-electron chi connectivity index (χ1n) is 10.7. The van der Waals surface area contributed by atoms with Gasteiger partial charge in [-0.1, -0.05) is 12.1 Å². The lowest BCUT2D eigenvalue weighted by Crippen LogP contribution is -2.37. The summed E-state index contributed by atoms with van der Waals surface area (Å²) in [6, 6.07) is 5.83. The summed E-state index contributed by atoms with van der Waals surface area (Å²) in [5.74, 6) is -2.26. The maximum absolute atomic E-state index is 13.3. The summed E-state index contributed by atoms with van der Waals surface area (Å²) in [4.78, 5) is 37.2. The van der Waals surface area contributed by atoms with Gasteiger partial charge in [0.15, 0.2) is 0 Å². The van der Waals surface area contributed by atoms with Crippen molar-refractivity contribution in [1.82, 2.24) is 5.32 Å². The van der Waals surface area contributed by atoms with Crippen molar-refractivity contribution in [3.05, 3.63) is 62.5 Å². The number of dihydropyridines is 1. The number of carbonyl (C=O) groups excluding carboxylic acids is 2. The molecule has 1 N–H and O–H groups in total. The molecule has 1 aromatic rings. The summed E-state index contributed by atoms with van der Waals surface area (Å²) >= 11 is 1.34. The molecule has 2 unspecified atom stereocenters. The quantitative estimate of drug-likeness (QED) is 0.152. The molecule has 0 spiro atoms. The molecule has 1 aliphatic rings. The topological polar surface area (TPSA) is 126 Å². The average molecular weight is 495 g/mol. The van der Waals surface area contributed by atoms with E-state index in [0.29, 0.717) is 23.6 Å². The second-order valence-corrected chi connectivity index (χ2v) is 8.05. The van der Waals surface area contributed by atoms with Gasteiger partial charge in [-0.05, 0) is 32.6 Å². The van der Waals surface area contributed by atoms with Crippen LogP contribution in [0.4, 0.5) is 5.69 Å². The molecule has 0 bridgehead atoms. The molecule has 0 aliphatic carbocycles. The van der Waals surface area contributed by atoms with Gasteiger partial charge in [0.1, 0.15) is 5.44 Å². The van der Waals surface area contributed by atoms with E-state index in [1.807, 2.05) is 6.26 Å². The first-order valence-corrected chi connectivity index (χ1v) is 12.0. The number of nitro groups is 1. The lowest BCUT2D eigenvalue weighted by molar-refractivity contribution is -0.384. The molecule has 0 saturated carbocycles. The zero-order valence-corrected chi connectivity index (χ0v) is 20.7. The molecule has 0 radical (unpaired) electrons. The minimum atomic E-state index is -0.963. The Labute approximate surface area is 202 Å². The van der Waals surface area contributed by atoms with Crippen molar-refractivity contribution in [2.24, 2.45) is 0 Å². The number of hydrogen-bond donors (Lipinski definition) is 1. The fraction of sp³-hybridized carbons (Fsp3) is 0.478. The van der Waals surface area contributed by atoms with Gasteiger partial charge in [-0.2, -0.15) is 0 Å². The van der Waals surface area contributed by atoms with Crippen molar-refractivity contribution in [1.29, 1.82) is 0 Å². The highest BCUT2D eigenvalue weighted by Crippen LogP contribution is 2.42. The highest BCUT2D eigenvalue weighted by atomic mass is 32.2. The van der Waals surface area contributed by atoms with Crippen molar-refractivity contribution < 1.29 is 33.5 Å². The second-order valence-electron chi connectivity index (χ2n) is 7.15. The molecule has 0 saturated heterocycles. The summed E-state index contributed by atoms with van der Waals surface area (Å²) < 4.78 is 21.6. The van der Waals surface area contributed by atoms with Crippen molar-refractivity contribution in [3.8, 4) is 0 Å². The van der Waals surface area contributed by atoms with Crippen molar-refractivity contribution >= 4 is 29.4 Å². The van der Waals surface area contributed by atoms with E-state index >= 15 is 0 Å². The largest absolute Gasteiger partial charge is 0.463 e. The molecule has 0 aromatic heterocycles. The van der Waals surface area contributed by atoms with Gasteiger partial charge in [-0.15, -0.1) is 11.8 Å². The number of benzene rings is 1. The third-order valence-corrected chi connectivity index (χ3v) is 5.81. The van der Waals surface area contributed by atoms with Gasteiger partial charge < -0.3 is 24.3 Å². The number of esters is 2. The molecular weight excluding hydrogens is 464 g/mol. The summed E-state index contributed by atoms with van der Waals surface area (Å²) in [6.45, 7) is 5.86. The molecule has 1 heterocycles. The van der Waals surface area contributed by atoms with Crippen molar-refractivity contribution in [2.75, 3.05) is 39.8 Å². The average Bonchev–Trinajstić information content (AvgIpc) is 2.81. The summed E-state index contributed by atoms with van der Waals surface area (Å²) in [7, 11) is 1.55. The molecule has 0 fully saturated rings. The van der Waals surface area contributed by atoms with E-state index in [4.69, 9.17) is 18.9 Å². The molecule has 1 aliphatic heterocycles. The number of carbonyl (C=O) groups is 2. The van der Waals surface area contributed by atoms with Gasteiger partial charge in [0.25, 0.3) is 5.69 Å². The smallest absolute Gasteiger partial charge is 0.336 e. The predicted octanol–water partition coefficient (Wildman–Crippen LogP) is 3.29. The summed E-state index contributed by atoms with van der Waals surface area (Å²) in [5.41, 5.74) is 0.763. The molecule has 11 heteroatoms. The van der Waals surface area contributed by atoms with Gasteiger partial charge >= 0.3 is 11.9 Å². The Morgan fingerprint density at radius 3 is 2.35 bits per heavy atom. The number of nitrogens with zero attached hydrogens (tertiary/aromatic N) is 1. The van der Waals surface area contributed by atoms with Gasteiger partial charge in [-0.25, -0.2) is 9.59 Å². The zero-order valence-electron chi connectivity index (χ0n) is 19.9. The normalized spacial score (nSPS) is 16.7. The summed E-state index contributed by atoms with van der Waals surface area (Å²) in [5, 5.41) is 14.6. The van der Waals surface area contributed by atoms with E-state index < -0.39 is 28.2 Å². The van der Waals surface area contributed by atoms with Crippen LogP contribution in [0.25, 0.3) is 0 Å². The highest BCUT2D eigenvalue weighted by Gasteiger charge is 2.41. The van der Waals surface area contributed by atoms with Crippen molar-refractivity contribution in [2.45, 2.75) is 32.1 Å². The van der Waals surface area contributed by atoms with Gasteiger partial charge in [0, 0.05) is 24.9 Å². The molecule has 2 atom stereocenters. The minimum Gasteiger partial charge on any atom is -0.463 e. The van der Waals surface area contributed by atoms with Crippen LogP contribution in [0, 0.1) is 10.1 Å². The third kappa shape index (κ3) is 6.37. The number of rotatable bonds is 12. The molecule has 1 aromatic carbocycles.